The van der Waals surface area contributed by atoms with Crippen LogP contribution in [0.25, 0.3) is 0 Å². The molecule has 1 atom stereocenters. The molecule has 100 valence electrons. The summed E-state index contributed by atoms with van der Waals surface area (Å²) in [7, 11) is 0. The molecule has 3 heteroatoms. The minimum absolute atomic E-state index is 0.214. The average Bonchev–Trinajstić information content (AvgIpc) is 2.31. The van der Waals surface area contributed by atoms with Crippen molar-refractivity contribution in [1.29, 1.82) is 0 Å². The van der Waals surface area contributed by atoms with Crippen LogP contribution in [0.3, 0.4) is 0 Å². The molecule has 0 spiro atoms. The molecule has 1 aliphatic rings. The van der Waals surface area contributed by atoms with E-state index in [4.69, 9.17) is 4.74 Å². The Hall–Kier alpha value is -1.22. The quantitative estimate of drug-likeness (QED) is 0.844. The molecule has 1 aromatic carbocycles. The summed E-state index contributed by atoms with van der Waals surface area (Å²) in [6, 6.07) is 5.77. The van der Waals surface area contributed by atoms with Crippen LogP contribution < -0.4 is 10.1 Å². The van der Waals surface area contributed by atoms with E-state index >= 15 is 0 Å². The first kappa shape index (κ1) is 13.2. The molecule has 0 unspecified atom stereocenters. The molecule has 1 saturated heterocycles. The zero-order valence-corrected chi connectivity index (χ0v) is 11.5. The first-order valence-corrected chi connectivity index (χ1v) is 6.71. The molecule has 0 radical (unpaired) electrons. The van der Waals surface area contributed by atoms with E-state index in [2.05, 4.69) is 5.32 Å². The van der Waals surface area contributed by atoms with Gasteiger partial charge in [0, 0.05) is 11.6 Å². The minimum atomic E-state index is -0.214. The molecule has 2 rings (SSSR count). The summed E-state index contributed by atoms with van der Waals surface area (Å²) >= 11 is 0. The van der Waals surface area contributed by atoms with E-state index in [0.29, 0.717) is 5.75 Å². The summed E-state index contributed by atoms with van der Waals surface area (Å²) < 4.78 is 5.85. The number of ether oxygens (including phenoxy) is 1. The molecule has 1 fully saturated rings. The van der Waals surface area contributed by atoms with Crippen LogP contribution in [0.4, 0.5) is 0 Å². The normalized spacial score (nSPS) is 20.7. The van der Waals surface area contributed by atoms with E-state index < -0.39 is 0 Å². The first-order chi connectivity index (χ1) is 8.46. The number of nitrogens with one attached hydrogen (secondary N) is 1. The van der Waals surface area contributed by atoms with E-state index in [9.17, 15) is 5.11 Å². The van der Waals surface area contributed by atoms with Crippen molar-refractivity contribution in [3.63, 3.8) is 0 Å². The van der Waals surface area contributed by atoms with E-state index in [1.807, 2.05) is 32.9 Å². The van der Waals surface area contributed by atoms with Crippen LogP contribution in [-0.4, -0.2) is 17.3 Å². The van der Waals surface area contributed by atoms with Crippen LogP contribution >= 0.6 is 0 Å². The van der Waals surface area contributed by atoms with Crippen molar-refractivity contribution in [3.05, 3.63) is 23.8 Å². The number of phenolic OH excluding ortho intramolecular Hbond substituents is 1. The second-order valence-corrected chi connectivity index (χ2v) is 5.94. The Kier molecular flexibility index (Phi) is 3.81. The van der Waals surface area contributed by atoms with Crippen molar-refractivity contribution in [3.8, 4) is 11.5 Å². The van der Waals surface area contributed by atoms with Gasteiger partial charge in [-0.3, -0.25) is 0 Å². The maximum absolute atomic E-state index is 9.99. The summed E-state index contributed by atoms with van der Waals surface area (Å²) in [5, 5.41) is 13.4. The number of hydrogen-bond donors (Lipinski definition) is 2. The summed E-state index contributed by atoms with van der Waals surface area (Å²) in [4.78, 5) is 0. The summed E-state index contributed by atoms with van der Waals surface area (Å²) in [6.45, 7) is 7.10. The first-order valence-electron chi connectivity index (χ1n) is 6.71. The second-order valence-electron chi connectivity index (χ2n) is 5.94. The van der Waals surface area contributed by atoms with Crippen LogP contribution in [-0.2, 0) is 0 Å². The molecule has 0 aliphatic carbocycles. The van der Waals surface area contributed by atoms with Gasteiger partial charge in [0.2, 0.25) is 0 Å². The summed E-state index contributed by atoms with van der Waals surface area (Å²) in [5.74, 6) is 1.18. The van der Waals surface area contributed by atoms with Gasteiger partial charge in [-0.05, 0) is 58.4 Å². The maximum atomic E-state index is 9.99. The SMILES string of the molecule is CC(C)(C)Oc1ccc(O)c([C@H]2CCCCN2)c1. The van der Waals surface area contributed by atoms with Crippen molar-refractivity contribution >= 4 is 0 Å². The topological polar surface area (TPSA) is 41.5 Å². The lowest BCUT2D eigenvalue weighted by atomic mass is 9.96. The Morgan fingerprint density at radius 2 is 2.06 bits per heavy atom. The Bertz CT molecular complexity index is 403. The third kappa shape index (κ3) is 3.39. The predicted molar refractivity (Wildman–Crippen MR) is 73.1 cm³/mol. The molecular weight excluding hydrogens is 226 g/mol. The lowest BCUT2D eigenvalue weighted by Crippen LogP contribution is -2.27. The fourth-order valence-electron chi connectivity index (χ4n) is 2.35. The molecular formula is C15H23NO2. The van der Waals surface area contributed by atoms with E-state index in [-0.39, 0.29) is 11.6 Å². The Morgan fingerprint density at radius 3 is 2.67 bits per heavy atom. The minimum Gasteiger partial charge on any atom is -0.508 e. The van der Waals surface area contributed by atoms with Gasteiger partial charge < -0.3 is 15.2 Å². The highest BCUT2D eigenvalue weighted by Crippen LogP contribution is 2.33. The largest absolute Gasteiger partial charge is 0.508 e. The highest BCUT2D eigenvalue weighted by Gasteiger charge is 2.20. The standard InChI is InChI=1S/C15H23NO2/c1-15(2,3)18-11-7-8-14(17)12(10-11)13-6-4-5-9-16-13/h7-8,10,13,16-17H,4-6,9H2,1-3H3/t13-/m1/s1. The van der Waals surface area contributed by atoms with Gasteiger partial charge in [-0.2, -0.15) is 0 Å². The molecule has 2 N–H and O–H groups in total. The molecule has 3 nitrogen and oxygen atoms in total. The van der Waals surface area contributed by atoms with Crippen LogP contribution in [0, 0.1) is 0 Å². The summed E-state index contributed by atoms with van der Waals surface area (Å²) in [5.41, 5.74) is 0.741. The molecule has 1 heterocycles. The van der Waals surface area contributed by atoms with Gasteiger partial charge in [-0.1, -0.05) is 6.42 Å². The number of hydrogen-bond acceptors (Lipinski definition) is 3. The molecule has 18 heavy (non-hydrogen) atoms. The van der Waals surface area contributed by atoms with Gasteiger partial charge in [0.15, 0.2) is 0 Å². The number of phenols is 1. The van der Waals surface area contributed by atoms with Gasteiger partial charge in [-0.25, -0.2) is 0 Å². The van der Waals surface area contributed by atoms with Gasteiger partial charge >= 0.3 is 0 Å². The van der Waals surface area contributed by atoms with Crippen LogP contribution in [0.5, 0.6) is 11.5 Å². The Morgan fingerprint density at radius 1 is 1.28 bits per heavy atom. The Balaban J connectivity index is 2.20. The monoisotopic (exact) mass is 249 g/mol. The molecule has 0 aromatic heterocycles. The van der Waals surface area contributed by atoms with E-state index in [1.54, 1.807) is 6.07 Å². The molecule has 0 saturated carbocycles. The van der Waals surface area contributed by atoms with E-state index in [0.717, 1.165) is 24.3 Å². The van der Waals surface area contributed by atoms with Gasteiger partial charge in [-0.15, -0.1) is 0 Å². The zero-order chi connectivity index (χ0) is 13.2. The van der Waals surface area contributed by atoms with Crippen molar-refractivity contribution in [2.75, 3.05) is 6.54 Å². The molecule has 1 aliphatic heterocycles. The number of benzene rings is 1. The molecule has 1 aromatic rings. The smallest absolute Gasteiger partial charge is 0.120 e. The fourth-order valence-corrected chi connectivity index (χ4v) is 2.35. The second kappa shape index (κ2) is 5.19. The third-order valence-electron chi connectivity index (χ3n) is 3.11. The van der Waals surface area contributed by atoms with Crippen molar-refractivity contribution in [2.45, 2.75) is 51.7 Å². The van der Waals surface area contributed by atoms with Crippen molar-refractivity contribution in [1.82, 2.24) is 5.32 Å². The lowest BCUT2D eigenvalue weighted by Gasteiger charge is -2.26. The average molecular weight is 249 g/mol. The number of piperidine rings is 1. The zero-order valence-electron chi connectivity index (χ0n) is 11.5. The molecule has 0 bridgehead atoms. The maximum Gasteiger partial charge on any atom is 0.120 e. The Labute approximate surface area is 109 Å². The predicted octanol–water partition coefficient (Wildman–Crippen LogP) is 3.38. The third-order valence-corrected chi connectivity index (χ3v) is 3.11. The fraction of sp³-hybridized carbons (Fsp3) is 0.600. The van der Waals surface area contributed by atoms with Gasteiger partial charge in [0.1, 0.15) is 17.1 Å². The number of rotatable bonds is 2. The van der Waals surface area contributed by atoms with E-state index in [1.165, 1.54) is 12.8 Å². The van der Waals surface area contributed by atoms with Crippen molar-refractivity contribution in [2.24, 2.45) is 0 Å². The van der Waals surface area contributed by atoms with Crippen LogP contribution in [0.1, 0.15) is 51.6 Å². The highest BCUT2D eigenvalue weighted by atomic mass is 16.5. The lowest BCUT2D eigenvalue weighted by molar-refractivity contribution is 0.130. The van der Waals surface area contributed by atoms with Crippen LogP contribution in [0.15, 0.2) is 18.2 Å². The highest BCUT2D eigenvalue weighted by molar-refractivity contribution is 5.41. The van der Waals surface area contributed by atoms with Crippen molar-refractivity contribution < 1.29 is 9.84 Å². The van der Waals surface area contributed by atoms with Gasteiger partial charge in [0.05, 0.1) is 0 Å². The molecule has 0 amide bonds. The summed E-state index contributed by atoms with van der Waals surface area (Å²) in [6.07, 6.45) is 3.50. The van der Waals surface area contributed by atoms with Crippen LogP contribution in [0.2, 0.25) is 0 Å². The number of aromatic hydroxyl groups is 1. The van der Waals surface area contributed by atoms with Gasteiger partial charge in [0.25, 0.3) is 0 Å².